The summed E-state index contributed by atoms with van der Waals surface area (Å²) >= 11 is 0. The van der Waals surface area contributed by atoms with Gasteiger partial charge in [-0.1, -0.05) is 36.4 Å². The van der Waals surface area contributed by atoms with E-state index in [1.165, 1.54) is 7.11 Å². The van der Waals surface area contributed by atoms with Gasteiger partial charge in [0.2, 0.25) is 0 Å². The molecule has 0 aliphatic rings. The van der Waals surface area contributed by atoms with Crippen LogP contribution in [0.5, 0.6) is 11.5 Å². The van der Waals surface area contributed by atoms with Crippen molar-refractivity contribution in [3.8, 4) is 22.6 Å². The highest BCUT2D eigenvalue weighted by Crippen LogP contribution is 2.31. The Labute approximate surface area is 219 Å². The van der Waals surface area contributed by atoms with E-state index in [1.54, 1.807) is 37.4 Å². The van der Waals surface area contributed by atoms with Gasteiger partial charge in [-0.15, -0.1) is 0 Å². The summed E-state index contributed by atoms with van der Waals surface area (Å²) in [5, 5.41) is 2.87. The number of rotatable bonds is 11. The fourth-order valence-electron chi connectivity index (χ4n) is 4.27. The normalized spacial score (nSPS) is 11.1. The third kappa shape index (κ3) is 7.11. The number of ether oxygens (including phenoxy) is 3. The van der Waals surface area contributed by atoms with Crippen LogP contribution in [0.15, 0.2) is 66.7 Å². The first kappa shape index (κ1) is 27.7. The van der Waals surface area contributed by atoms with Crippen molar-refractivity contribution in [1.82, 2.24) is 4.90 Å². The molecule has 0 heterocycles. The van der Waals surface area contributed by atoms with Gasteiger partial charge in [-0.25, -0.2) is 4.79 Å². The molecule has 0 aromatic heterocycles. The van der Waals surface area contributed by atoms with Crippen molar-refractivity contribution < 1.29 is 23.8 Å². The average molecular weight is 505 g/mol. The molecule has 0 unspecified atom stereocenters. The summed E-state index contributed by atoms with van der Waals surface area (Å²) in [7, 11) is 2.87. The smallest absolute Gasteiger partial charge is 0.338 e. The first-order valence-electron chi connectivity index (χ1n) is 12.4. The Morgan fingerprint density at radius 1 is 0.811 bits per heavy atom. The van der Waals surface area contributed by atoms with E-state index in [-0.39, 0.29) is 11.1 Å². The number of hydrogen-bond donors (Lipinski definition) is 1. The maximum atomic E-state index is 13.2. The van der Waals surface area contributed by atoms with E-state index in [4.69, 9.17) is 14.2 Å². The summed E-state index contributed by atoms with van der Waals surface area (Å²) in [5.41, 5.74) is 2.68. The molecule has 37 heavy (non-hydrogen) atoms. The Kier molecular flexibility index (Phi) is 9.69. The van der Waals surface area contributed by atoms with E-state index in [9.17, 15) is 9.59 Å². The Hall–Kier alpha value is -3.84. The van der Waals surface area contributed by atoms with Crippen LogP contribution in [0.2, 0.25) is 0 Å². The van der Waals surface area contributed by atoms with Gasteiger partial charge >= 0.3 is 5.97 Å². The molecule has 0 aliphatic carbocycles. The molecule has 7 nitrogen and oxygen atoms in total. The van der Waals surface area contributed by atoms with E-state index >= 15 is 0 Å². The second kappa shape index (κ2) is 12.9. The van der Waals surface area contributed by atoms with E-state index in [0.29, 0.717) is 35.9 Å². The zero-order valence-corrected chi connectivity index (χ0v) is 22.4. The summed E-state index contributed by atoms with van der Waals surface area (Å²) in [6.07, 6.45) is 0. The number of esters is 1. The van der Waals surface area contributed by atoms with Gasteiger partial charge in [-0.2, -0.15) is 0 Å². The second-order valence-electron chi connectivity index (χ2n) is 9.21. The van der Waals surface area contributed by atoms with Crippen LogP contribution < -0.4 is 14.8 Å². The van der Waals surface area contributed by atoms with Gasteiger partial charge in [0.05, 0.1) is 25.3 Å². The highest BCUT2D eigenvalue weighted by Gasteiger charge is 2.20. The van der Waals surface area contributed by atoms with E-state index < -0.39 is 11.9 Å². The summed E-state index contributed by atoms with van der Waals surface area (Å²) < 4.78 is 16.4. The maximum absolute atomic E-state index is 13.2. The first-order valence-corrected chi connectivity index (χ1v) is 12.4. The second-order valence-corrected chi connectivity index (χ2v) is 9.21. The lowest BCUT2D eigenvalue weighted by Crippen LogP contribution is -2.39. The molecule has 0 saturated carbocycles. The van der Waals surface area contributed by atoms with Crippen molar-refractivity contribution in [2.24, 2.45) is 0 Å². The fraction of sp³-hybridized carbons (Fsp3) is 0.333. The van der Waals surface area contributed by atoms with Crippen LogP contribution in [-0.4, -0.2) is 56.2 Å². The quantitative estimate of drug-likeness (QED) is 0.328. The summed E-state index contributed by atoms with van der Waals surface area (Å²) in [5.74, 6) is 0.0879. The molecule has 196 valence electrons. The molecule has 0 bridgehead atoms. The standard InChI is InChI=1S/C30H36N2O5/c1-20(2)32(21(3)4)16-17-37-28-19-24(13-15-27(28)35-5)31-29(33)25-14-12-23(18-26(25)30(34)36-6)22-10-8-7-9-11-22/h7-15,18-21H,16-17H2,1-6H3,(H,31,33). The molecule has 0 spiro atoms. The van der Waals surface area contributed by atoms with Gasteiger partial charge in [-0.05, 0) is 63.1 Å². The number of methoxy groups -OCH3 is 2. The largest absolute Gasteiger partial charge is 0.493 e. The Bertz CT molecular complexity index is 1200. The predicted molar refractivity (Wildman–Crippen MR) is 147 cm³/mol. The predicted octanol–water partition coefficient (Wildman–Crippen LogP) is 5.90. The number of carbonyl (C=O) groups excluding carboxylic acids is 2. The van der Waals surface area contributed by atoms with Crippen molar-refractivity contribution in [3.05, 3.63) is 77.9 Å². The zero-order valence-electron chi connectivity index (χ0n) is 22.4. The minimum atomic E-state index is -0.582. The molecular formula is C30H36N2O5. The highest BCUT2D eigenvalue weighted by molar-refractivity contribution is 6.11. The third-order valence-electron chi connectivity index (χ3n) is 6.13. The van der Waals surface area contributed by atoms with Gasteiger partial charge in [0.15, 0.2) is 11.5 Å². The molecule has 1 N–H and O–H groups in total. The minimum Gasteiger partial charge on any atom is -0.493 e. The van der Waals surface area contributed by atoms with Gasteiger partial charge < -0.3 is 19.5 Å². The third-order valence-corrected chi connectivity index (χ3v) is 6.13. The molecule has 0 aliphatic heterocycles. The number of nitrogens with zero attached hydrogens (tertiary/aromatic N) is 1. The van der Waals surface area contributed by atoms with Gasteiger partial charge in [0, 0.05) is 30.4 Å². The van der Waals surface area contributed by atoms with Gasteiger partial charge in [0.25, 0.3) is 5.91 Å². The van der Waals surface area contributed by atoms with E-state index in [1.807, 2.05) is 36.4 Å². The molecule has 0 radical (unpaired) electrons. The average Bonchev–Trinajstić information content (AvgIpc) is 2.90. The van der Waals surface area contributed by atoms with Crippen LogP contribution in [0.4, 0.5) is 5.69 Å². The highest BCUT2D eigenvalue weighted by atomic mass is 16.5. The summed E-state index contributed by atoms with van der Waals surface area (Å²) in [4.78, 5) is 28.1. The molecule has 7 heteroatoms. The van der Waals surface area contributed by atoms with Crippen molar-refractivity contribution in [1.29, 1.82) is 0 Å². The Morgan fingerprint density at radius 3 is 2.14 bits per heavy atom. The van der Waals surface area contributed by atoms with Crippen molar-refractivity contribution in [2.45, 2.75) is 39.8 Å². The molecule has 0 atom stereocenters. The number of nitrogens with one attached hydrogen (secondary N) is 1. The molecular weight excluding hydrogens is 468 g/mol. The van der Waals surface area contributed by atoms with Crippen LogP contribution in [0.1, 0.15) is 48.4 Å². The van der Waals surface area contributed by atoms with Crippen LogP contribution in [0.3, 0.4) is 0 Å². The van der Waals surface area contributed by atoms with Gasteiger partial charge in [-0.3, -0.25) is 9.69 Å². The molecule has 0 saturated heterocycles. The topological polar surface area (TPSA) is 77.1 Å². The van der Waals surface area contributed by atoms with E-state index in [2.05, 4.69) is 37.9 Å². The minimum absolute atomic E-state index is 0.189. The van der Waals surface area contributed by atoms with Crippen molar-refractivity contribution in [2.75, 3.05) is 32.7 Å². The van der Waals surface area contributed by atoms with Crippen LogP contribution >= 0.6 is 0 Å². The SMILES string of the molecule is COC(=O)c1cc(-c2ccccc2)ccc1C(=O)Nc1ccc(OC)c(OCCN(C(C)C)C(C)C)c1. The molecule has 3 rings (SSSR count). The van der Waals surface area contributed by atoms with Crippen molar-refractivity contribution >= 4 is 17.6 Å². The molecule has 3 aromatic rings. The number of hydrogen-bond acceptors (Lipinski definition) is 6. The summed E-state index contributed by atoms with van der Waals surface area (Å²) in [6.45, 7) is 9.86. The first-order chi connectivity index (χ1) is 17.7. The lowest BCUT2D eigenvalue weighted by Gasteiger charge is -2.30. The molecule has 0 fully saturated rings. The Morgan fingerprint density at radius 2 is 1.51 bits per heavy atom. The maximum Gasteiger partial charge on any atom is 0.338 e. The van der Waals surface area contributed by atoms with Gasteiger partial charge in [0.1, 0.15) is 6.61 Å². The van der Waals surface area contributed by atoms with Crippen LogP contribution in [-0.2, 0) is 4.74 Å². The number of anilines is 1. The van der Waals surface area contributed by atoms with Crippen LogP contribution in [0.25, 0.3) is 11.1 Å². The van der Waals surface area contributed by atoms with Crippen molar-refractivity contribution in [3.63, 3.8) is 0 Å². The number of benzene rings is 3. The fourth-order valence-corrected chi connectivity index (χ4v) is 4.27. The number of amides is 1. The Balaban J connectivity index is 1.81. The van der Waals surface area contributed by atoms with E-state index in [0.717, 1.165) is 17.7 Å². The number of carbonyl (C=O) groups is 2. The zero-order chi connectivity index (χ0) is 26.9. The lowest BCUT2D eigenvalue weighted by molar-refractivity contribution is 0.0597. The monoisotopic (exact) mass is 504 g/mol. The molecule has 3 aromatic carbocycles. The lowest BCUT2D eigenvalue weighted by atomic mass is 9.98. The summed E-state index contributed by atoms with van der Waals surface area (Å²) in [6, 6.07) is 20.8. The molecule has 1 amide bonds. The van der Waals surface area contributed by atoms with Crippen LogP contribution in [0, 0.1) is 0 Å².